The molecule has 3 N–H and O–H groups in total. The minimum absolute atomic E-state index is 0.0213. The smallest absolute Gasteiger partial charge is 0.251 e. The Morgan fingerprint density at radius 2 is 1.77 bits per heavy atom. The number of benzene rings is 2. The largest absolute Gasteiger partial charge is 0.349 e. The van der Waals surface area contributed by atoms with E-state index in [2.05, 4.69) is 23.5 Å². The lowest BCUT2D eigenvalue weighted by atomic mass is 9.82. The quantitative estimate of drug-likeness (QED) is 0.586. The zero-order valence-corrected chi connectivity index (χ0v) is 14.5. The van der Waals surface area contributed by atoms with E-state index >= 15 is 0 Å². The van der Waals surface area contributed by atoms with Crippen molar-refractivity contribution in [1.29, 1.82) is 0 Å². The number of hydrogen-bond donors (Lipinski definition) is 3. The molecule has 0 saturated heterocycles. The maximum Gasteiger partial charge on any atom is 0.251 e. The number of amides is 2. The predicted molar refractivity (Wildman–Crippen MR) is 97.8 cm³/mol. The molecule has 0 bridgehead atoms. The fraction of sp³-hybridized carbons (Fsp3) is 0.333. The van der Waals surface area contributed by atoms with E-state index in [1.165, 1.54) is 5.56 Å². The molecule has 26 heavy (non-hydrogen) atoms. The Labute approximate surface area is 152 Å². The van der Waals surface area contributed by atoms with Gasteiger partial charge in [-0.05, 0) is 66.5 Å². The molecule has 1 fully saturated rings. The summed E-state index contributed by atoms with van der Waals surface area (Å²) in [5.41, 5.74) is 6.85. The van der Waals surface area contributed by atoms with E-state index in [1.54, 1.807) is 5.48 Å². The first-order chi connectivity index (χ1) is 12.6. The second-order valence-electron chi connectivity index (χ2n) is 7.23. The van der Waals surface area contributed by atoms with E-state index < -0.39 is 0 Å². The summed E-state index contributed by atoms with van der Waals surface area (Å²) in [6.07, 6.45) is 4.34. The fourth-order valence-electron chi connectivity index (χ4n) is 3.59. The van der Waals surface area contributed by atoms with Crippen molar-refractivity contribution < 1.29 is 14.8 Å². The van der Waals surface area contributed by atoms with Gasteiger partial charge in [0.05, 0.1) is 0 Å². The lowest BCUT2D eigenvalue weighted by Crippen LogP contribution is -2.31. The maximum absolute atomic E-state index is 12.3. The van der Waals surface area contributed by atoms with E-state index in [4.69, 9.17) is 5.21 Å². The number of hydroxylamine groups is 1. The van der Waals surface area contributed by atoms with Crippen molar-refractivity contribution in [3.05, 3.63) is 59.2 Å². The first kappa shape index (κ1) is 16.8. The summed E-state index contributed by atoms with van der Waals surface area (Å²) in [5.74, 6) is -0.537. The van der Waals surface area contributed by atoms with Crippen molar-refractivity contribution in [2.75, 3.05) is 0 Å². The second kappa shape index (κ2) is 6.92. The first-order valence-electron chi connectivity index (χ1n) is 9.11. The number of carbonyl (C=O) groups is 2. The normalized spacial score (nSPS) is 18.7. The highest BCUT2D eigenvalue weighted by Gasteiger charge is 2.25. The average molecular weight is 350 g/mol. The van der Waals surface area contributed by atoms with Gasteiger partial charge in [0.15, 0.2) is 0 Å². The van der Waals surface area contributed by atoms with Crippen LogP contribution >= 0.6 is 0 Å². The number of fused-ring (bicyclic) bond motifs is 1. The van der Waals surface area contributed by atoms with Crippen LogP contribution in [0, 0.1) is 5.92 Å². The van der Waals surface area contributed by atoms with Crippen LogP contribution in [0.4, 0.5) is 0 Å². The summed E-state index contributed by atoms with van der Waals surface area (Å²) in [6.45, 7) is 0. The SMILES string of the molecule is O=C(NC1CC1)c1cccc(-c2ccc3c(c2)CC(C(=O)NO)CC3)c1. The molecule has 5 nitrogen and oxygen atoms in total. The van der Waals surface area contributed by atoms with Crippen molar-refractivity contribution in [3.8, 4) is 11.1 Å². The highest BCUT2D eigenvalue weighted by molar-refractivity contribution is 5.95. The van der Waals surface area contributed by atoms with E-state index in [0.29, 0.717) is 18.0 Å². The van der Waals surface area contributed by atoms with E-state index in [-0.39, 0.29) is 17.7 Å². The first-order valence-corrected chi connectivity index (χ1v) is 9.11. The molecule has 5 heteroatoms. The van der Waals surface area contributed by atoms with Gasteiger partial charge >= 0.3 is 0 Å². The Kier molecular flexibility index (Phi) is 4.47. The van der Waals surface area contributed by atoms with Crippen molar-refractivity contribution in [2.45, 2.75) is 38.1 Å². The van der Waals surface area contributed by atoms with Crippen molar-refractivity contribution in [3.63, 3.8) is 0 Å². The van der Waals surface area contributed by atoms with Crippen LogP contribution in [0.15, 0.2) is 42.5 Å². The van der Waals surface area contributed by atoms with E-state index in [9.17, 15) is 9.59 Å². The molecule has 2 aliphatic rings. The predicted octanol–water partition coefficient (Wildman–Crippen LogP) is 2.86. The van der Waals surface area contributed by atoms with Crippen LogP contribution < -0.4 is 10.8 Å². The zero-order chi connectivity index (χ0) is 18.1. The van der Waals surface area contributed by atoms with Gasteiger partial charge in [0, 0.05) is 17.5 Å². The van der Waals surface area contributed by atoms with Gasteiger partial charge in [-0.15, -0.1) is 0 Å². The average Bonchev–Trinajstić information content (AvgIpc) is 3.50. The highest BCUT2D eigenvalue weighted by atomic mass is 16.5. The Morgan fingerprint density at radius 3 is 2.54 bits per heavy atom. The van der Waals surface area contributed by atoms with Crippen LogP contribution in [-0.4, -0.2) is 23.1 Å². The van der Waals surface area contributed by atoms with Crippen LogP contribution in [0.3, 0.4) is 0 Å². The molecule has 2 aliphatic carbocycles. The molecule has 0 heterocycles. The Bertz CT molecular complexity index is 858. The molecular formula is C21H22N2O3. The molecule has 0 radical (unpaired) electrons. The minimum atomic E-state index is -0.320. The van der Waals surface area contributed by atoms with Gasteiger partial charge in [-0.1, -0.05) is 30.3 Å². The van der Waals surface area contributed by atoms with Gasteiger partial charge in [0.2, 0.25) is 5.91 Å². The van der Waals surface area contributed by atoms with E-state index in [1.807, 2.05) is 24.3 Å². The van der Waals surface area contributed by atoms with Gasteiger partial charge in [0.25, 0.3) is 5.91 Å². The van der Waals surface area contributed by atoms with Gasteiger partial charge in [0.1, 0.15) is 0 Å². The standard InChI is InChI=1S/C21H22N2O3/c24-20(22-19-8-9-19)16-3-1-2-14(10-16)15-6-4-13-5-7-17(21(25)23-26)12-18(13)11-15/h1-4,6,10-11,17,19,26H,5,7-9,12H2,(H,22,24)(H,23,25). The monoisotopic (exact) mass is 350 g/mol. The van der Waals surface area contributed by atoms with Crippen LogP contribution in [0.1, 0.15) is 40.7 Å². The molecule has 0 aliphatic heterocycles. The summed E-state index contributed by atoms with van der Waals surface area (Å²) in [4.78, 5) is 24.0. The lowest BCUT2D eigenvalue weighted by molar-refractivity contribution is -0.133. The number of rotatable bonds is 4. The topological polar surface area (TPSA) is 78.4 Å². The van der Waals surface area contributed by atoms with E-state index in [0.717, 1.165) is 42.4 Å². The molecular weight excluding hydrogens is 328 g/mol. The molecule has 2 amide bonds. The van der Waals surface area contributed by atoms with Crippen molar-refractivity contribution in [2.24, 2.45) is 5.92 Å². The molecule has 0 spiro atoms. The molecule has 1 saturated carbocycles. The van der Waals surface area contributed by atoms with Gasteiger partial charge in [-0.3, -0.25) is 14.8 Å². The Hall–Kier alpha value is -2.66. The van der Waals surface area contributed by atoms with Crippen LogP contribution in [-0.2, 0) is 17.6 Å². The third-order valence-electron chi connectivity index (χ3n) is 5.29. The summed E-state index contributed by atoms with van der Waals surface area (Å²) < 4.78 is 0. The number of carbonyl (C=O) groups excluding carboxylic acids is 2. The lowest BCUT2D eigenvalue weighted by Gasteiger charge is -2.23. The fourth-order valence-corrected chi connectivity index (χ4v) is 3.59. The summed E-state index contributed by atoms with van der Waals surface area (Å²) in [6, 6.07) is 14.3. The number of hydrogen-bond acceptors (Lipinski definition) is 3. The van der Waals surface area contributed by atoms with Crippen molar-refractivity contribution >= 4 is 11.8 Å². The summed E-state index contributed by atoms with van der Waals surface area (Å²) in [5, 5.41) is 11.9. The molecule has 2 aromatic carbocycles. The van der Waals surface area contributed by atoms with Crippen LogP contribution in [0.25, 0.3) is 11.1 Å². The summed E-state index contributed by atoms with van der Waals surface area (Å²) in [7, 11) is 0. The molecule has 1 unspecified atom stereocenters. The number of nitrogens with one attached hydrogen (secondary N) is 2. The number of aryl methyl sites for hydroxylation is 1. The minimum Gasteiger partial charge on any atom is -0.349 e. The third kappa shape index (κ3) is 3.48. The van der Waals surface area contributed by atoms with Gasteiger partial charge < -0.3 is 5.32 Å². The molecule has 4 rings (SSSR count). The Balaban J connectivity index is 1.58. The molecule has 0 aromatic heterocycles. The van der Waals surface area contributed by atoms with Gasteiger partial charge in [-0.25, -0.2) is 5.48 Å². The van der Waals surface area contributed by atoms with Crippen LogP contribution in [0.2, 0.25) is 0 Å². The molecule has 134 valence electrons. The Morgan fingerprint density at radius 1 is 0.962 bits per heavy atom. The van der Waals surface area contributed by atoms with Crippen molar-refractivity contribution in [1.82, 2.24) is 10.8 Å². The van der Waals surface area contributed by atoms with Crippen LogP contribution in [0.5, 0.6) is 0 Å². The van der Waals surface area contributed by atoms with Gasteiger partial charge in [-0.2, -0.15) is 0 Å². The summed E-state index contributed by atoms with van der Waals surface area (Å²) >= 11 is 0. The highest BCUT2D eigenvalue weighted by Crippen LogP contribution is 2.30. The maximum atomic E-state index is 12.3. The molecule has 2 aromatic rings. The second-order valence-corrected chi connectivity index (χ2v) is 7.23. The zero-order valence-electron chi connectivity index (χ0n) is 14.5. The third-order valence-corrected chi connectivity index (χ3v) is 5.29. The molecule has 1 atom stereocenters.